The molecule has 0 aliphatic carbocycles. The van der Waals surface area contributed by atoms with Crippen LogP contribution in [0.15, 0.2) is 29.8 Å². The average molecular weight is 372 g/mol. The smallest absolute Gasteiger partial charge is 0.414 e. The second kappa shape index (κ2) is 8.08. The first-order valence-electron chi connectivity index (χ1n) is 8.82. The average Bonchev–Trinajstić information content (AvgIpc) is 3.01. The molecule has 2 amide bonds. The summed E-state index contributed by atoms with van der Waals surface area (Å²) >= 11 is 0. The Morgan fingerprint density at radius 3 is 2.81 bits per heavy atom. The topological polar surface area (TPSA) is 85.7 Å². The summed E-state index contributed by atoms with van der Waals surface area (Å²) in [4.78, 5) is 26.3. The van der Waals surface area contributed by atoms with Gasteiger partial charge in [0, 0.05) is 31.8 Å². The standard InChI is InChI=1S/C19H21FN4O3/c1-13(25)22-11-16-12-24(19(26)27-16)18-3-2-15(10-17(18)20)23-8-5-14(4-7-21)6-9-23/h2-4,10,16H,5-6,8-9,11-12H2,1H3,(H,22,25)/t16-/m0/s1. The van der Waals surface area contributed by atoms with Gasteiger partial charge in [-0.1, -0.05) is 5.57 Å². The molecular formula is C19H21FN4O3. The zero-order chi connectivity index (χ0) is 19.4. The van der Waals surface area contributed by atoms with Gasteiger partial charge in [0.05, 0.1) is 24.8 Å². The van der Waals surface area contributed by atoms with Crippen LogP contribution in [-0.2, 0) is 9.53 Å². The van der Waals surface area contributed by atoms with Crippen molar-refractivity contribution in [2.45, 2.75) is 25.9 Å². The minimum absolute atomic E-state index is 0.163. The maximum Gasteiger partial charge on any atom is 0.414 e. The van der Waals surface area contributed by atoms with Crippen LogP contribution in [0.4, 0.5) is 20.6 Å². The summed E-state index contributed by atoms with van der Waals surface area (Å²) in [5.74, 6) is -0.711. The number of cyclic esters (lactones) is 1. The van der Waals surface area contributed by atoms with Gasteiger partial charge < -0.3 is 15.0 Å². The molecule has 1 aromatic carbocycles. The number of hydrogen-bond acceptors (Lipinski definition) is 5. The summed E-state index contributed by atoms with van der Waals surface area (Å²) < 4.78 is 19.8. The van der Waals surface area contributed by atoms with E-state index in [1.54, 1.807) is 18.2 Å². The molecule has 3 rings (SSSR count). The zero-order valence-electron chi connectivity index (χ0n) is 15.1. The van der Waals surface area contributed by atoms with E-state index in [0.717, 1.165) is 37.2 Å². The first-order chi connectivity index (χ1) is 13.0. The highest BCUT2D eigenvalue weighted by molar-refractivity contribution is 5.90. The van der Waals surface area contributed by atoms with Crippen LogP contribution in [0.2, 0.25) is 0 Å². The number of amides is 2. The molecule has 0 saturated carbocycles. The number of benzene rings is 1. The predicted octanol–water partition coefficient (Wildman–Crippen LogP) is 2.34. The fraction of sp³-hybridized carbons (Fsp3) is 0.421. The Kier molecular flexibility index (Phi) is 5.60. The highest BCUT2D eigenvalue weighted by Crippen LogP contribution is 2.30. The molecule has 2 saturated heterocycles. The molecule has 0 bridgehead atoms. The number of rotatable bonds is 4. The van der Waals surface area contributed by atoms with Crippen LogP contribution in [0.25, 0.3) is 0 Å². The molecule has 1 N–H and O–H groups in total. The number of halogens is 1. The number of ether oxygens (including phenoxy) is 1. The van der Waals surface area contributed by atoms with Gasteiger partial charge in [0.2, 0.25) is 5.91 Å². The SMILES string of the molecule is CC(=O)NC[C@H]1CN(c2ccc(N3CCC(=CC#N)CC3)cc2F)C(=O)O1. The lowest BCUT2D eigenvalue weighted by Gasteiger charge is -2.30. The van der Waals surface area contributed by atoms with Crippen LogP contribution in [0.1, 0.15) is 19.8 Å². The molecule has 2 heterocycles. The molecule has 27 heavy (non-hydrogen) atoms. The fourth-order valence-corrected chi connectivity index (χ4v) is 3.28. The first-order valence-corrected chi connectivity index (χ1v) is 8.82. The van der Waals surface area contributed by atoms with Crippen molar-refractivity contribution in [2.75, 3.05) is 36.0 Å². The van der Waals surface area contributed by atoms with Gasteiger partial charge in [-0.05, 0) is 31.0 Å². The lowest BCUT2D eigenvalue weighted by molar-refractivity contribution is -0.119. The Hall–Kier alpha value is -3.08. The third kappa shape index (κ3) is 4.37. The molecule has 8 heteroatoms. The summed E-state index contributed by atoms with van der Waals surface area (Å²) in [6.07, 6.45) is 2.01. The monoisotopic (exact) mass is 372 g/mol. The maximum atomic E-state index is 14.7. The van der Waals surface area contributed by atoms with Gasteiger partial charge in [-0.3, -0.25) is 9.69 Å². The van der Waals surface area contributed by atoms with Crippen molar-refractivity contribution < 1.29 is 18.7 Å². The molecule has 7 nitrogen and oxygen atoms in total. The number of anilines is 2. The van der Waals surface area contributed by atoms with Crippen LogP contribution in [0.3, 0.4) is 0 Å². The fourth-order valence-electron chi connectivity index (χ4n) is 3.28. The molecule has 1 aromatic rings. The van der Waals surface area contributed by atoms with Crippen LogP contribution < -0.4 is 15.1 Å². The van der Waals surface area contributed by atoms with E-state index >= 15 is 0 Å². The van der Waals surface area contributed by atoms with Crippen molar-refractivity contribution in [1.29, 1.82) is 5.26 Å². The molecule has 142 valence electrons. The first kappa shape index (κ1) is 18.7. The van der Waals surface area contributed by atoms with Crippen molar-refractivity contribution in [2.24, 2.45) is 0 Å². The number of nitriles is 1. The second-order valence-electron chi connectivity index (χ2n) is 6.61. The third-order valence-corrected chi connectivity index (χ3v) is 4.71. The van der Waals surface area contributed by atoms with Gasteiger partial charge >= 0.3 is 6.09 Å². The molecule has 2 fully saturated rings. The van der Waals surface area contributed by atoms with Gasteiger partial charge in [0.25, 0.3) is 0 Å². The molecule has 2 aliphatic rings. The molecule has 0 spiro atoms. The lowest BCUT2D eigenvalue weighted by atomic mass is 10.0. The van der Waals surface area contributed by atoms with Gasteiger partial charge in [0.1, 0.15) is 11.9 Å². The number of hydrogen-bond donors (Lipinski definition) is 1. The van der Waals surface area contributed by atoms with Crippen molar-refractivity contribution in [3.05, 3.63) is 35.7 Å². The van der Waals surface area contributed by atoms with Gasteiger partial charge in [-0.25, -0.2) is 9.18 Å². The van der Waals surface area contributed by atoms with Gasteiger partial charge in [-0.15, -0.1) is 0 Å². The predicted molar refractivity (Wildman–Crippen MR) is 97.8 cm³/mol. The van der Waals surface area contributed by atoms with Crippen LogP contribution in [-0.4, -0.2) is 44.3 Å². The highest BCUT2D eigenvalue weighted by Gasteiger charge is 2.34. The van der Waals surface area contributed by atoms with Crippen LogP contribution >= 0.6 is 0 Å². The molecule has 1 atom stereocenters. The Labute approximate surface area is 157 Å². The lowest BCUT2D eigenvalue weighted by Crippen LogP contribution is -2.33. The number of nitrogens with one attached hydrogen (secondary N) is 1. The van der Waals surface area contributed by atoms with E-state index in [-0.39, 0.29) is 24.7 Å². The Morgan fingerprint density at radius 2 is 2.19 bits per heavy atom. The third-order valence-electron chi connectivity index (χ3n) is 4.71. The van der Waals surface area contributed by atoms with E-state index in [0.29, 0.717) is 0 Å². The normalized spacial score (nSPS) is 19.5. The summed E-state index contributed by atoms with van der Waals surface area (Å²) in [5.41, 5.74) is 2.02. The highest BCUT2D eigenvalue weighted by atomic mass is 19.1. The molecule has 2 aliphatic heterocycles. The van der Waals surface area contributed by atoms with Crippen LogP contribution in [0.5, 0.6) is 0 Å². The van der Waals surface area contributed by atoms with E-state index in [1.807, 2.05) is 6.07 Å². The van der Waals surface area contributed by atoms with E-state index in [4.69, 9.17) is 10.00 Å². The van der Waals surface area contributed by atoms with E-state index in [1.165, 1.54) is 17.9 Å². The van der Waals surface area contributed by atoms with E-state index in [2.05, 4.69) is 10.2 Å². The molecule has 0 aromatic heterocycles. The number of nitrogens with zero attached hydrogens (tertiary/aromatic N) is 3. The number of carbonyl (C=O) groups excluding carboxylic acids is 2. The minimum atomic E-state index is -0.624. The van der Waals surface area contributed by atoms with E-state index < -0.39 is 18.0 Å². The van der Waals surface area contributed by atoms with Gasteiger partial charge in [0.15, 0.2) is 0 Å². The number of allylic oxidation sites excluding steroid dienone is 1. The molecule has 0 unspecified atom stereocenters. The quantitative estimate of drug-likeness (QED) is 0.820. The minimum Gasteiger partial charge on any atom is -0.442 e. The summed E-state index contributed by atoms with van der Waals surface area (Å²) in [6, 6.07) is 6.83. The second-order valence-corrected chi connectivity index (χ2v) is 6.61. The molecular weight excluding hydrogens is 351 g/mol. The van der Waals surface area contributed by atoms with Crippen molar-refractivity contribution in [1.82, 2.24) is 5.32 Å². The Balaban J connectivity index is 1.67. The van der Waals surface area contributed by atoms with Crippen molar-refractivity contribution >= 4 is 23.4 Å². The largest absolute Gasteiger partial charge is 0.442 e. The zero-order valence-corrected chi connectivity index (χ0v) is 15.1. The molecule has 0 radical (unpaired) electrons. The maximum absolute atomic E-state index is 14.7. The van der Waals surface area contributed by atoms with Crippen LogP contribution in [0, 0.1) is 17.1 Å². The summed E-state index contributed by atoms with van der Waals surface area (Å²) in [7, 11) is 0. The van der Waals surface area contributed by atoms with Gasteiger partial charge in [-0.2, -0.15) is 5.26 Å². The number of carbonyl (C=O) groups is 2. The van der Waals surface area contributed by atoms with Crippen molar-refractivity contribution in [3.63, 3.8) is 0 Å². The summed E-state index contributed by atoms with van der Waals surface area (Å²) in [5, 5.41) is 11.3. The summed E-state index contributed by atoms with van der Waals surface area (Å²) in [6.45, 7) is 3.20. The van der Waals surface area contributed by atoms with Crippen molar-refractivity contribution in [3.8, 4) is 6.07 Å². The Bertz CT molecular complexity index is 808. The van der Waals surface area contributed by atoms with E-state index in [9.17, 15) is 14.0 Å². The Morgan fingerprint density at radius 1 is 1.44 bits per heavy atom. The number of piperidine rings is 1.